The summed E-state index contributed by atoms with van der Waals surface area (Å²) in [6, 6.07) is 6.30. The predicted molar refractivity (Wildman–Crippen MR) is 101 cm³/mol. The summed E-state index contributed by atoms with van der Waals surface area (Å²) >= 11 is 1.51. The van der Waals surface area contributed by atoms with Crippen LogP contribution < -0.4 is 4.74 Å². The van der Waals surface area contributed by atoms with E-state index < -0.39 is 12.0 Å². The molecule has 2 fully saturated rings. The zero-order valence-corrected chi connectivity index (χ0v) is 15.7. The number of carbonyl (C=O) groups is 2. The molecular weight excluding hydrogens is 364 g/mol. The van der Waals surface area contributed by atoms with Crippen LogP contribution in [-0.2, 0) is 11.4 Å². The van der Waals surface area contributed by atoms with Gasteiger partial charge in [-0.05, 0) is 43.4 Å². The van der Waals surface area contributed by atoms with Crippen LogP contribution in [0.1, 0.15) is 48.2 Å². The van der Waals surface area contributed by atoms with Crippen molar-refractivity contribution in [1.29, 1.82) is 0 Å². The molecule has 0 unspecified atom stereocenters. The first-order chi connectivity index (χ1) is 13.1. The maximum Gasteiger partial charge on any atom is 0.326 e. The van der Waals surface area contributed by atoms with Gasteiger partial charge in [0.2, 0.25) is 0 Å². The Balaban J connectivity index is 1.53. The molecule has 1 amide bonds. The summed E-state index contributed by atoms with van der Waals surface area (Å²) in [4.78, 5) is 30.8. The first kappa shape index (κ1) is 18.0. The highest BCUT2D eigenvalue weighted by atomic mass is 32.1. The molecular formula is C20H22N2O4S. The van der Waals surface area contributed by atoms with E-state index in [1.807, 2.05) is 5.38 Å². The van der Waals surface area contributed by atoms with E-state index in [0.29, 0.717) is 30.3 Å². The van der Waals surface area contributed by atoms with Gasteiger partial charge in [-0.3, -0.25) is 4.79 Å². The Morgan fingerprint density at radius 1 is 1.30 bits per heavy atom. The number of nitrogens with zero attached hydrogens (tertiary/aromatic N) is 2. The van der Waals surface area contributed by atoms with Crippen molar-refractivity contribution in [1.82, 2.24) is 9.88 Å². The molecule has 0 radical (unpaired) electrons. The lowest BCUT2D eigenvalue weighted by Gasteiger charge is -2.33. The Morgan fingerprint density at radius 3 is 2.93 bits per heavy atom. The van der Waals surface area contributed by atoms with Crippen molar-refractivity contribution in [2.45, 2.75) is 50.8 Å². The van der Waals surface area contributed by atoms with E-state index in [-0.39, 0.29) is 11.9 Å². The fourth-order valence-corrected chi connectivity index (χ4v) is 4.85. The number of hydrogen-bond acceptors (Lipinski definition) is 5. The zero-order valence-electron chi connectivity index (χ0n) is 14.9. The summed E-state index contributed by atoms with van der Waals surface area (Å²) < 4.78 is 5.74. The Labute approximate surface area is 161 Å². The number of amides is 1. The second-order valence-electron chi connectivity index (χ2n) is 7.21. The molecule has 1 N–H and O–H groups in total. The monoisotopic (exact) mass is 386 g/mol. The van der Waals surface area contributed by atoms with Gasteiger partial charge in [-0.15, -0.1) is 11.3 Å². The van der Waals surface area contributed by atoms with Gasteiger partial charge in [0.15, 0.2) is 0 Å². The number of carboxylic acid groups (broad SMARTS) is 1. The minimum atomic E-state index is -0.909. The predicted octanol–water partition coefficient (Wildman–Crippen LogP) is 3.58. The maximum absolute atomic E-state index is 13.2. The number of ether oxygens (including phenoxy) is 1. The van der Waals surface area contributed by atoms with Crippen LogP contribution in [-0.4, -0.2) is 39.0 Å². The number of aromatic nitrogens is 1. The highest BCUT2D eigenvalue weighted by Gasteiger charge is 2.47. The van der Waals surface area contributed by atoms with E-state index in [4.69, 9.17) is 4.74 Å². The highest BCUT2D eigenvalue weighted by molar-refractivity contribution is 7.07. The van der Waals surface area contributed by atoms with E-state index in [0.717, 1.165) is 31.4 Å². The van der Waals surface area contributed by atoms with Gasteiger partial charge in [-0.25, -0.2) is 9.78 Å². The molecule has 1 saturated carbocycles. The molecule has 1 saturated heterocycles. The highest BCUT2D eigenvalue weighted by Crippen LogP contribution is 2.40. The molecule has 2 aliphatic rings. The van der Waals surface area contributed by atoms with Gasteiger partial charge in [-0.1, -0.05) is 18.9 Å². The van der Waals surface area contributed by atoms with Crippen LogP contribution >= 0.6 is 11.3 Å². The molecule has 0 bridgehead atoms. The van der Waals surface area contributed by atoms with Crippen LogP contribution in [0.25, 0.3) is 0 Å². The average molecular weight is 386 g/mol. The number of benzene rings is 1. The van der Waals surface area contributed by atoms with Crippen molar-refractivity contribution in [3.05, 3.63) is 46.4 Å². The number of rotatable bonds is 5. The van der Waals surface area contributed by atoms with Crippen LogP contribution in [0.2, 0.25) is 0 Å². The second kappa shape index (κ2) is 7.68. The first-order valence-electron chi connectivity index (χ1n) is 9.29. The third-order valence-corrected chi connectivity index (χ3v) is 6.19. The Bertz CT molecular complexity index is 823. The van der Waals surface area contributed by atoms with E-state index in [2.05, 4.69) is 4.98 Å². The molecule has 1 aliphatic heterocycles. The van der Waals surface area contributed by atoms with Crippen molar-refractivity contribution < 1.29 is 19.4 Å². The van der Waals surface area contributed by atoms with Crippen molar-refractivity contribution in [3.63, 3.8) is 0 Å². The number of aliphatic carboxylic acids is 1. The minimum absolute atomic E-state index is 0.0342. The summed E-state index contributed by atoms with van der Waals surface area (Å²) in [7, 11) is 0. The number of hydrogen-bond donors (Lipinski definition) is 1. The number of fused-ring (bicyclic) bond motifs is 1. The molecule has 142 valence electrons. The molecule has 4 rings (SSSR count). The third kappa shape index (κ3) is 3.69. The lowest BCUT2D eigenvalue weighted by atomic mass is 9.84. The summed E-state index contributed by atoms with van der Waals surface area (Å²) in [6.07, 6.45) is 4.63. The lowest BCUT2D eigenvalue weighted by molar-refractivity contribution is -0.141. The van der Waals surface area contributed by atoms with Crippen LogP contribution in [0.3, 0.4) is 0 Å². The Hall–Kier alpha value is -2.41. The van der Waals surface area contributed by atoms with E-state index in [1.165, 1.54) is 11.3 Å². The van der Waals surface area contributed by atoms with Gasteiger partial charge in [-0.2, -0.15) is 0 Å². The molecule has 1 aromatic carbocycles. The molecule has 6 nitrogen and oxygen atoms in total. The molecule has 7 heteroatoms. The molecule has 3 atom stereocenters. The van der Waals surface area contributed by atoms with Gasteiger partial charge < -0.3 is 14.7 Å². The largest absolute Gasteiger partial charge is 0.487 e. The molecule has 2 heterocycles. The number of carbonyl (C=O) groups excluding carboxylic acids is 1. The van der Waals surface area contributed by atoms with Crippen molar-refractivity contribution in [3.8, 4) is 5.75 Å². The quantitative estimate of drug-likeness (QED) is 0.850. The Kier molecular flexibility index (Phi) is 5.11. The molecule has 1 aromatic heterocycles. The number of carboxylic acids is 1. The Morgan fingerprint density at radius 2 is 2.15 bits per heavy atom. The summed E-state index contributed by atoms with van der Waals surface area (Å²) in [5, 5.41) is 11.6. The van der Waals surface area contributed by atoms with Crippen LogP contribution in [0, 0.1) is 5.92 Å². The lowest BCUT2D eigenvalue weighted by Crippen LogP contribution is -2.46. The standard InChI is InChI=1S/C20H22N2O4S/c23-19(22-17-7-2-1-4-13(17)9-18(22)20(24)25)14-5-3-6-16(8-14)26-10-15-11-27-12-21-15/h3,5-6,8,11-13,17-18H,1-2,4,7,9-10H2,(H,24,25)/t13-,17+,18+/m1/s1. The van der Waals surface area contributed by atoms with Gasteiger partial charge >= 0.3 is 5.97 Å². The van der Waals surface area contributed by atoms with Crippen LogP contribution in [0.15, 0.2) is 35.2 Å². The normalized spacial score (nSPS) is 24.4. The first-order valence-corrected chi connectivity index (χ1v) is 10.2. The van der Waals surface area contributed by atoms with Gasteiger partial charge in [0.1, 0.15) is 18.4 Å². The SMILES string of the molecule is O=C(O)[C@@H]1C[C@H]2CCCC[C@@H]2N1C(=O)c1cccc(OCc2cscn2)c1. The van der Waals surface area contributed by atoms with Crippen molar-refractivity contribution in [2.24, 2.45) is 5.92 Å². The third-order valence-electron chi connectivity index (χ3n) is 5.56. The van der Waals surface area contributed by atoms with Gasteiger partial charge in [0.05, 0.1) is 11.2 Å². The van der Waals surface area contributed by atoms with E-state index in [1.54, 1.807) is 34.7 Å². The molecule has 27 heavy (non-hydrogen) atoms. The fraction of sp³-hybridized carbons (Fsp3) is 0.450. The molecule has 2 aromatic rings. The number of likely N-dealkylation sites (tertiary alicyclic amines) is 1. The fourth-order valence-electron chi connectivity index (χ4n) is 4.31. The topological polar surface area (TPSA) is 79.7 Å². The van der Waals surface area contributed by atoms with Gasteiger partial charge in [0, 0.05) is 17.0 Å². The zero-order chi connectivity index (χ0) is 18.8. The van der Waals surface area contributed by atoms with E-state index >= 15 is 0 Å². The summed E-state index contributed by atoms with van der Waals surface area (Å²) in [5.74, 6) is -0.238. The second-order valence-corrected chi connectivity index (χ2v) is 7.93. The van der Waals surface area contributed by atoms with Crippen molar-refractivity contribution >= 4 is 23.2 Å². The van der Waals surface area contributed by atoms with Crippen LogP contribution in [0.5, 0.6) is 5.75 Å². The van der Waals surface area contributed by atoms with Gasteiger partial charge in [0.25, 0.3) is 5.91 Å². The van der Waals surface area contributed by atoms with Crippen LogP contribution in [0.4, 0.5) is 0 Å². The average Bonchev–Trinajstić information content (AvgIpc) is 3.33. The smallest absolute Gasteiger partial charge is 0.326 e. The molecule has 1 aliphatic carbocycles. The minimum Gasteiger partial charge on any atom is -0.487 e. The maximum atomic E-state index is 13.2. The summed E-state index contributed by atoms with van der Waals surface area (Å²) in [5.41, 5.74) is 3.06. The summed E-state index contributed by atoms with van der Waals surface area (Å²) in [6.45, 7) is 0.341. The molecule has 0 spiro atoms. The van der Waals surface area contributed by atoms with E-state index in [9.17, 15) is 14.7 Å². The van der Waals surface area contributed by atoms with Crippen molar-refractivity contribution in [2.75, 3.05) is 0 Å². The number of thiazole rings is 1.